The maximum Gasteiger partial charge on any atom is 0.186 e. The molecule has 4 rings (SSSR count). The number of hydrogen-bond acceptors (Lipinski definition) is 3. The van der Waals surface area contributed by atoms with Crippen LogP contribution >= 0.6 is 11.3 Å². The molecule has 0 radical (unpaired) electrons. The van der Waals surface area contributed by atoms with Gasteiger partial charge in [-0.1, -0.05) is 54.7 Å². The molecule has 2 nitrogen and oxygen atoms in total. The highest BCUT2D eigenvalue weighted by Gasteiger charge is 2.19. The molecule has 0 saturated carbocycles. The molecule has 0 N–H and O–H groups in total. The molecule has 1 aromatic heterocycles. The van der Waals surface area contributed by atoms with Crippen LogP contribution in [0.15, 0.2) is 42.5 Å². The summed E-state index contributed by atoms with van der Waals surface area (Å²) in [6.45, 7) is 4.25. The summed E-state index contributed by atoms with van der Waals surface area (Å²) < 4.78 is 1.31. The van der Waals surface area contributed by atoms with E-state index in [2.05, 4.69) is 54.3 Å². The molecule has 0 atom stereocenters. The van der Waals surface area contributed by atoms with E-state index in [0.717, 1.165) is 25.9 Å². The predicted octanol–water partition coefficient (Wildman–Crippen LogP) is 4.42. The van der Waals surface area contributed by atoms with Gasteiger partial charge in [-0.3, -0.25) is 0 Å². The van der Waals surface area contributed by atoms with E-state index in [1.807, 2.05) is 11.3 Å². The van der Waals surface area contributed by atoms with Crippen LogP contribution in [0.3, 0.4) is 0 Å². The molecular formula is C18H18N2S. The smallest absolute Gasteiger partial charge is 0.186 e. The Hall–Kier alpha value is -1.87. The highest BCUT2D eigenvalue weighted by molar-refractivity contribution is 7.22. The van der Waals surface area contributed by atoms with E-state index in [1.165, 1.54) is 32.0 Å². The summed E-state index contributed by atoms with van der Waals surface area (Å²) in [7, 11) is 0. The first-order valence-electron chi connectivity index (χ1n) is 7.55. The maximum atomic E-state index is 4.92. The average Bonchev–Trinajstić information content (AvgIpc) is 2.98. The Morgan fingerprint density at radius 3 is 2.81 bits per heavy atom. The number of nitrogens with zero attached hydrogens (tertiary/aromatic N) is 2. The molecule has 21 heavy (non-hydrogen) atoms. The van der Waals surface area contributed by atoms with Crippen LogP contribution in [0.1, 0.15) is 23.6 Å². The number of hydrogen-bond donors (Lipinski definition) is 0. The first-order chi connectivity index (χ1) is 10.3. The third-order valence-corrected chi connectivity index (χ3v) is 5.35. The molecule has 0 spiro atoms. The fourth-order valence-electron chi connectivity index (χ4n) is 3.07. The van der Waals surface area contributed by atoms with Crippen molar-refractivity contribution < 1.29 is 0 Å². The minimum atomic E-state index is 0.984. The monoisotopic (exact) mass is 294 g/mol. The molecule has 0 fully saturated rings. The summed E-state index contributed by atoms with van der Waals surface area (Å²) in [5.41, 5.74) is 5.48. The Bertz CT molecular complexity index is 791. The molecule has 0 aliphatic carbocycles. The quantitative estimate of drug-likeness (QED) is 0.695. The minimum absolute atomic E-state index is 0.984. The normalized spacial score (nSPS) is 14.4. The van der Waals surface area contributed by atoms with E-state index in [0.29, 0.717) is 0 Å². The van der Waals surface area contributed by atoms with Crippen LogP contribution in [0.4, 0.5) is 5.13 Å². The standard InChI is InChI=1S/C18H18N2S/c1-2-13-8-5-9-16-17(13)19-18(21-16)20-11-10-14-6-3-4-7-15(14)12-20/h3-9H,2,10-12H2,1H3. The third-order valence-electron chi connectivity index (χ3n) is 4.27. The summed E-state index contributed by atoms with van der Waals surface area (Å²) in [6.07, 6.45) is 2.16. The highest BCUT2D eigenvalue weighted by atomic mass is 32.1. The summed E-state index contributed by atoms with van der Waals surface area (Å²) in [6, 6.07) is 15.3. The first kappa shape index (κ1) is 12.8. The zero-order valence-corrected chi connectivity index (χ0v) is 13.0. The molecule has 2 heterocycles. The molecule has 3 heteroatoms. The SMILES string of the molecule is CCc1cccc2sc(N3CCc4ccccc4C3)nc12. The van der Waals surface area contributed by atoms with E-state index in [4.69, 9.17) is 4.98 Å². The average molecular weight is 294 g/mol. The van der Waals surface area contributed by atoms with Gasteiger partial charge in [-0.05, 0) is 35.6 Å². The maximum absolute atomic E-state index is 4.92. The number of thiazole rings is 1. The van der Waals surface area contributed by atoms with Gasteiger partial charge in [-0.2, -0.15) is 0 Å². The van der Waals surface area contributed by atoms with E-state index in [1.54, 1.807) is 0 Å². The molecule has 106 valence electrons. The van der Waals surface area contributed by atoms with Crippen molar-refractivity contribution in [2.75, 3.05) is 11.4 Å². The lowest BCUT2D eigenvalue weighted by atomic mass is 10.0. The fourth-order valence-corrected chi connectivity index (χ4v) is 4.11. The van der Waals surface area contributed by atoms with Gasteiger partial charge >= 0.3 is 0 Å². The van der Waals surface area contributed by atoms with Crippen molar-refractivity contribution in [3.05, 3.63) is 59.2 Å². The second-order valence-corrected chi connectivity index (χ2v) is 6.56. The van der Waals surface area contributed by atoms with Gasteiger partial charge in [0.1, 0.15) is 0 Å². The molecule has 2 aromatic carbocycles. The van der Waals surface area contributed by atoms with Crippen LogP contribution in [0.25, 0.3) is 10.2 Å². The molecular weight excluding hydrogens is 276 g/mol. The van der Waals surface area contributed by atoms with Crippen LogP contribution in [-0.2, 0) is 19.4 Å². The molecule has 1 aliphatic rings. The van der Waals surface area contributed by atoms with Gasteiger partial charge in [0.15, 0.2) is 5.13 Å². The fraction of sp³-hybridized carbons (Fsp3) is 0.278. The van der Waals surface area contributed by atoms with Crippen LogP contribution < -0.4 is 4.90 Å². The van der Waals surface area contributed by atoms with Crippen molar-refractivity contribution in [2.45, 2.75) is 26.3 Å². The number of aryl methyl sites for hydroxylation is 1. The van der Waals surface area contributed by atoms with Crippen molar-refractivity contribution >= 4 is 26.7 Å². The van der Waals surface area contributed by atoms with Crippen molar-refractivity contribution in [2.24, 2.45) is 0 Å². The van der Waals surface area contributed by atoms with Crippen LogP contribution in [0, 0.1) is 0 Å². The van der Waals surface area contributed by atoms with Gasteiger partial charge in [0.2, 0.25) is 0 Å². The minimum Gasteiger partial charge on any atom is -0.343 e. The molecule has 0 bridgehead atoms. The van der Waals surface area contributed by atoms with Gasteiger partial charge in [0.05, 0.1) is 10.2 Å². The molecule has 1 aliphatic heterocycles. The van der Waals surface area contributed by atoms with Crippen LogP contribution in [0.5, 0.6) is 0 Å². The number of benzene rings is 2. The topological polar surface area (TPSA) is 16.1 Å². The number of anilines is 1. The largest absolute Gasteiger partial charge is 0.343 e. The zero-order valence-electron chi connectivity index (χ0n) is 12.2. The van der Waals surface area contributed by atoms with Crippen LogP contribution in [0.2, 0.25) is 0 Å². The second-order valence-electron chi connectivity index (χ2n) is 5.55. The lowest BCUT2D eigenvalue weighted by Gasteiger charge is -2.28. The predicted molar refractivity (Wildman–Crippen MR) is 90.2 cm³/mol. The Morgan fingerprint density at radius 2 is 1.95 bits per heavy atom. The molecule has 3 aromatic rings. The summed E-state index contributed by atoms with van der Waals surface area (Å²) in [5.74, 6) is 0. The van der Waals surface area contributed by atoms with Crippen molar-refractivity contribution in [1.82, 2.24) is 4.98 Å². The van der Waals surface area contributed by atoms with E-state index >= 15 is 0 Å². The highest BCUT2D eigenvalue weighted by Crippen LogP contribution is 2.33. The van der Waals surface area contributed by atoms with Gasteiger partial charge in [0.25, 0.3) is 0 Å². The molecule has 0 saturated heterocycles. The number of para-hydroxylation sites is 1. The van der Waals surface area contributed by atoms with Gasteiger partial charge < -0.3 is 4.90 Å². The van der Waals surface area contributed by atoms with E-state index in [-0.39, 0.29) is 0 Å². The first-order valence-corrected chi connectivity index (χ1v) is 8.37. The van der Waals surface area contributed by atoms with E-state index in [9.17, 15) is 0 Å². The Kier molecular flexibility index (Phi) is 3.15. The Labute approximate surface area is 129 Å². The third kappa shape index (κ3) is 2.22. The van der Waals surface area contributed by atoms with Crippen molar-refractivity contribution in [3.8, 4) is 0 Å². The Morgan fingerprint density at radius 1 is 1.10 bits per heavy atom. The number of rotatable bonds is 2. The van der Waals surface area contributed by atoms with Crippen LogP contribution in [-0.4, -0.2) is 11.5 Å². The summed E-state index contributed by atoms with van der Waals surface area (Å²) >= 11 is 1.82. The van der Waals surface area contributed by atoms with Crippen molar-refractivity contribution in [3.63, 3.8) is 0 Å². The van der Waals surface area contributed by atoms with Crippen molar-refractivity contribution in [1.29, 1.82) is 0 Å². The number of fused-ring (bicyclic) bond motifs is 2. The summed E-state index contributed by atoms with van der Waals surface area (Å²) in [5, 5.41) is 1.17. The zero-order chi connectivity index (χ0) is 14.2. The van der Waals surface area contributed by atoms with Gasteiger partial charge in [-0.15, -0.1) is 0 Å². The lowest BCUT2D eigenvalue weighted by Crippen LogP contribution is -2.30. The molecule has 0 unspecified atom stereocenters. The number of aromatic nitrogens is 1. The Balaban J connectivity index is 1.72. The second kappa shape index (κ2) is 5.15. The van der Waals surface area contributed by atoms with Gasteiger partial charge in [0, 0.05) is 13.1 Å². The van der Waals surface area contributed by atoms with Gasteiger partial charge in [-0.25, -0.2) is 4.98 Å². The van der Waals surface area contributed by atoms with E-state index < -0.39 is 0 Å². The summed E-state index contributed by atoms with van der Waals surface area (Å²) in [4.78, 5) is 7.35. The lowest BCUT2D eigenvalue weighted by molar-refractivity contribution is 0.729. The molecule has 0 amide bonds.